The first-order chi connectivity index (χ1) is 7.13. The molecule has 0 amide bonds. The van der Waals surface area contributed by atoms with Gasteiger partial charge in [-0.2, -0.15) is 0 Å². The maximum Gasteiger partial charge on any atom is 0.343 e. The van der Waals surface area contributed by atoms with E-state index in [1.54, 1.807) is 12.1 Å². The van der Waals surface area contributed by atoms with Crippen molar-refractivity contribution in [3.05, 3.63) is 39.7 Å². The third kappa shape index (κ3) is 1.50. The summed E-state index contributed by atoms with van der Waals surface area (Å²) >= 11 is 0. The van der Waals surface area contributed by atoms with Crippen LogP contribution in [0, 0.1) is 6.92 Å². The molecule has 0 aliphatic carbocycles. The highest BCUT2D eigenvalue weighted by molar-refractivity contribution is 5.84. The van der Waals surface area contributed by atoms with Gasteiger partial charge in [0.15, 0.2) is 0 Å². The van der Waals surface area contributed by atoms with Crippen molar-refractivity contribution in [3.63, 3.8) is 0 Å². The third-order valence-corrected chi connectivity index (χ3v) is 2.48. The van der Waals surface area contributed by atoms with Gasteiger partial charge in [-0.25, -0.2) is 4.79 Å². The first kappa shape index (κ1) is 9.77. The summed E-state index contributed by atoms with van der Waals surface area (Å²) in [5, 5.41) is 10.5. The van der Waals surface area contributed by atoms with E-state index >= 15 is 0 Å². The Morgan fingerprint density at radius 1 is 1.40 bits per heavy atom. The number of benzene rings is 1. The van der Waals surface area contributed by atoms with Crippen LogP contribution in [0.1, 0.15) is 18.1 Å². The fourth-order valence-corrected chi connectivity index (χ4v) is 1.64. The van der Waals surface area contributed by atoms with Crippen LogP contribution >= 0.6 is 0 Å². The van der Waals surface area contributed by atoms with Crippen LogP contribution in [0.25, 0.3) is 11.0 Å². The van der Waals surface area contributed by atoms with Crippen LogP contribution in [0.5, 0.6) is 5.75 Å². The van der Waals surface area contributed by atoms with E-state index in [0.717, 1.165) is 5.56 Å². The van der Waals surface area contributed by atoms with E-state index < -0.39 is 5.63 Å². The van der Waals surface area contributed by atoms with E-state index in [0.29, 0.717) is 23.0 Å². The van der Waals surface area contributed by atoms with Crippen molar-refractivity contribution in [2.45, 2.75) is 20.3 Å². The van der Waals surface area contributed by atoms with E-state index in [-0.39, 0.29) is 5.75 Å². The lowest BCUT2D eigenvalue weighted by molar-refractivity contribution is 0.458. The summed E-state index contributed by atoms with van der Waals surface area (Å²) in [4.78, 5) is 11.5. The number of fused-ring (bicyclic) bond motifs is 1. The largest absolute Gasteiger partial charge is 0.507 e. The predicted octanol–water partition coefficient (Wildman–Crippen LogP) is 2.37. The topological polar surface area (TPSA) is 50.4 Å². The Morgan fingerprint density at radius 2 is 2.13 bits per heavy atom. The van der Waals surface area contributed by atoms with Gasteiger partial charge in [0.05, 0.1) is 10.9 Å². The normalized spacial score (nSPS) is 10.8. The second-order valence-corrected chi connectivity index (χ2v) is 3.57. The van der Waals surface area contributed by atoms with Crippen LogP contribution in [0.15, 0.2) is 27.4 Å². The van der Waals surface area contributed by atoms with Crippen LogP contribution < -0.4 is 5.63 Å². The molecule has 0 atom stereocenters. The maximum absolute atomic E-state index is 11.5. The fraction of sp³-hybridized carbons (Fsp3) is 0.250. The summed E-state index contributed by atoms with van der Waals surface area (Å²) in [6, 6.07) is 5.39. The van der Waals surface area contributed by atoms with Gasteiger partial charge < -0.3 is 9.52 Å². The molecule has 2 aromatic rings. The number of rotatable bonds is 1. The van der Waals surface area contributed by atoms with Crippen molar-refractivity contribution >= 4 is 11.0 Å². The summed E-state index contributed by atoms with van der Waals surface area (Å²) in [7, 11) is 0. The van der Waals surface area contributed by atoms with Crippen molar-refractivity contribution in [3.8, 4) is 5.75 Å². The van der Waals surface area contributed by atoms with Gasteiger partial charge in [0.25, 0.3) is 0 Å². The quantitative estimate of drug-likeness (QED) is 0.725. The summed E-state index contributed by atoms with van der Waals surface area (Å²) in [5.74, 6) is 0.0451. The molecule has 1 heterocycles. The summed E-state index contributed by atoms with van der Waals surface area (Å²) in [6.07, 6.45) is 0.470. The minimum atomic E-state index is -0.451. The molecule has 15 heavy (non-hydrogen) atoms. The molecule has 1 aromatic carbocycles. The summed E-state index contributed by atoms with van der Waals surface area (Å²) in [6.45, 7) is 3.72. The van der Waals surface area contributed by atoms with Gasteiger partial charge in [-0.1, -0.05) is 13.0 Å². The standard InChI is InChI=1S/C12H12O3/c1-3-8-11(13)9-5-4-7(2)6-10(9)15-12(8)14/h4-6,13H,3H2,1-2H3. The molecule has 3 heteroatoms. The number of hydrogen-bond acceptors (Lipinski definition) is 3. The lowest BCUT2D eigenvalue weighted by Gasteiger charge is -2.04. The minimum absolute atomic E-state index is 0.0451. The predicted molar refractivity (Wildman–Crippen MR) is 58.3 cm³/mol. The molecular weight excluding hydrogens is 192 g/mol. The van der Waals surface area contributed by atoms with E-state index in [1.165, 1.54) is 0 Å². The Hall–Kier alpha value is -1.77. The Morgan fingerprint density at radius 3 is 2.80 bits per heavy atom. The van der Waals surface area contributed by atoms with Gasteiger partial charge >= 0.3 is 5.63 Å². The smallest absolute Gasteiger partial charge is 0.343 e. The molecule has 0 aliphatic heterocycles. The van der Waals surface area contributed by atoms with Crippen molar-refractivity contribution in [2.75, 3.05) is 0 Å². The van der Waals surface area contributed by atoms with Gasteiger partial charge in [0, 0.05) is 0 Å². The lowest BCUT2D eigenvalue weighted by atomic mass is 10.1. The Kier molecular flexibility index (Phi) is 2.23. The summed E-state index contributed by atoms with van der Waals surface area (Å²) in [5.41, 5.74) is 1.32. The van der Waals surface area contributed by atoms with Crippen molar-refractivity contribution in [2.24, 2.45) is 0 Å². The molecule has 78 valence electrons. The summed E-state index contributed by atoms with van der Waals surface area (Å²) < 4.78 is 5.13. The highest BCUT2D eigenvalue weighted by atomic mass is 16.4. The minimum Gasteiger partial charge on any atom is -0.507 e. The van der Waals surface area contributed by atoms with Crippen LogP contribution in [-0.4, -0.2) is 5.11 Å². The molecule has 0 saturated carbocycles. The van der Waals surface area contributed by atoms with E-state index in [2.05, 4.69) is 0 Å². The zero-order valence-electron chi connectivity index (χ0n) is 8.70. The number of aryl methyl sites for hydroxylation is 1. The van der Waals surface area contributed by atoms with E-state index in [9.17, 15) is 9.90 Å². The first-order valence-electron chi connectivity index (χ1n) is 4.88. The molecule has 0 fully saturated rings. The lowest BCUT2D eigenvalue weighted by Crippen LogP contribution is -2.06. The van der Waals surface area contributed by atoms with Crippen LogP contribution in [0.2, 0.25) is 0 Å². The van der Waals surface area contributed by atoms with Gasteiger partial charge in [-0.15, -0.1) is 0 Å². The molecule has 2 rings (SSSR count). The molecule has 0 aliphatic rings. The van der Waals surface area contributed by atoms with Crippen molar-refractivity contribution < 1.29 is 9.52 Å². The fourth-order valence-electron chi connectivity index (χ4n) is 1.64. The molecule has 1 aromatic heterocycles. The zero-order chi connectivity index (χ0) is 11.0. The molecule has 0 radical (unpaired) electrons. The third-order valence-electron chi connectivity index (χ3n) is 2.48. The highest BCUT2D eigenvalue weighted by Gasteiger charge is 2.11. The Bertz CT molecular complexity index is 567. The molecule has 1 N–H and O–H groups in total. The molecule has 0 bridgehead atoms. The van der Waals surface area contributed by atoms with E-state index in [1.807, 2.05) is 19.9 Å². The van der Waals surface area contributed by atoms with Crippen molar-refractivity contribution in [1.82, 2.24) is 0 Å². The van der Waals surface area contributed by atoms with Gasteiger partial charge in [-0.3, -0.25) is 0 Å². The average Bonchev–Trinajstić information content (AvgIpc) is 2.17. The van der Waals surface area contributed by atoms with Gasteiger partial charge in [-0.05, 0) is 31.0 Å². The van der Waals surface area contributed by atoms with Crippen molar-refractivity contribution in [1.29, 1.82) is 0 Å². The number of aromatic hydroxyl groups is 1. The number of hydrogen-bond donors (Lipinski definition) is 1. The zero-order valence-corrected chi connectivity index (χ0v) is 8.70. The Balaban J connectivity index is 2.91. The molecule has 0 unspecified atom stereocenters. The van der Waals surface area contributed by atoms with Crippen LogP contribution in [-0.2, 0) is 6.42 Å². The highest BCUT2D eigenvalue weighted by Crippen LogP contribution is 2.26. The van der Waals surface area contributed by atoms with Crippen LogP contribution in [0.4, 0.5) is 0 Å². The molecule has 0 saturated heterocycles. The second-order valence-electron chi connectivity index (χ2n) is 3.57. The second kappa shape index (κ2) is 3.42. The monoisotopic (exact) mass is 204 g/mol. The average molecular weight is 204 g/mol. The van der Waals surface area contributed by atoms with Crippen LogP contribution in [0.3, 0.4) is 0 Å². The SMILES string of the molecule is CCc1c(O)c2ccc(C)cc2oc1=O. The first-order valence-corrected chi connectivity index (χ1v) is 4.88. The molecular formula is C12H12O3. The van der Waals surface area contributed by atoms with E-state index in [4.69, 9.17) is 4.42 Å². The maximum atomic E-state index is 11.5. The van der Waals surface area contributed by atoms with Gasteiger partial charge in [0.1, 0.15) is 11.3 Å². The van der Waals surface area contributed by atoms with Gasteiger partial charge in [0.2, 0.25) is 0 Å². The molecule has 3 nitrogen and oxygen atoms in total. The Labute approximate surface area is 87.0 Å². The molecule has 0 spiro atoms.